The van der Waals surface area contributed by atoms with E-state index in [0.29, 0.717) is 17.0 Å². The van der Waals surface area contributed by atoms with Gasteiger partial charge in [0.25, 0.3) is 11.6 Å². The fraction of sp³-hybridized carbons (Fsp3) is 0.105. The van der Waals surface area contributed by atoms with Gasteiger partial charge in [0.05, 0.1) is 9.83 Å². The highest BCUT2D eigenvalue weighted by molar-refractivity contribution is 9.09. The molecule has 1 heterocycles. The van der Waals surface area contributed by atoms with Crippen LogP contribution in [-0.2, 0) is 16.0 Å². The largest absolute Gasteiger partial charge is 0.480 e. The molecule has 8 nitrogen and oxygen atoms in total. The number of nitro groups is 1. The molecular formula is C19H13BrFN3O5S. The molecule has 2 N–H and O–H groups in total. The van der Waals surface area contributed by atoms with Crippen LogP contribution < -0.4 is 5.32 Å². The fourth-order valence-corrected chi connectivity index (χ4v) is 3.71. The molecule has 0 aromatic heterocycles. The molecule has 1 amide bonds. The molecule has 0 spiro atoms. The summed E-state index contributed by atoms with van der Waals surface area (Å²) in [6, 6.07) is 9.94. The van der Waals surface area contributed by atoms with Gasteiger partial charge in [0, 0.05) is 23.4 Å². The first-order chi connectivity index (χ1) is 14.2. The van der Waals surface area contributed by atoms with Crippen molar-refractivity contribution in [3.8, 4) is 0 Å². The van der Waals surface area contributed by atoms with E-state index in [4.69, 9.17) is 5.11 Å². The molecular weight excluding hydrogens is 481 g/mol. The Morgan fingerprint density at radius 2 is 2.03 bits per heavy atom. The molecule has 0 aliphatic carbocycles. The van der Waals surface area contributed by atoms with E-state index < -0.39 is 27.4 Å². The molecule has 1 aliphatic heterocycles. The minimum atomic E-state index is -1.21. The maximum atomic E-state index is 14.2. The standard InChI is InChI=1S/C19H13BrFN3O5S/c20-16(18(26)27)13-7-4-11(9-14(13)21)22-19-23-17(25)15(30-19)8-3-10-1-5-12(6-2-10)24(28)29/h1-2,4-9,16H,3H2,(H,26,27)(H,22,23,25). The molecule has 0 saturated carbocycles. The molecule has 1 unspecified atom stereocenters. The Morgan fingerprint density at radius 1 is 1.33 bits per heavy atom. The summed E-state index contributed by atoms with van der Waals surface area (Å²) in [5, 5.41) is 22.7. The van der Waals surface area contributed by atoms with Crippen molar-refractivity contribution >= 4 is 56.1 Å². The smallest absolute Gasteiger partial charge is 0.321 e. The first kappa shape index (κ1) is 21.7. The number of nitrogens with zero attached hydrogens (tertiary/aromatic N) is 2. The van der Waals surface area contributed by atoms with Gasteiger partial charge in [-0.25, -0.2) is 4.39 Å². The third kappa shape index (κ3) is 5.10. The molecule has 1 atom stereocenters. The zero-order chi connectivity index (χ0) is 21.8. The Balaban J connectivity index is 1.64. The topological polar surface area (TPSA) is 122 Å². The van der Waals surface area contributed by atoms with Crippen molar-refractivity contribution in [2.75, 3.05) is 5.32 Å². The molecule has 0 radical (unpaired) electrons. The molecule has 2 aromatic rings. The van der Waals surface area contributed by atoms with E-state index in [9.17, 15) is 24.1 Å². The van der Waals surface area contributed by atoms with E-state index in [1.165, 1.54) is 24.3 Å². The molecule has 2 aromatic carbocycles. The average molecular weight is 494 g/mol. The van der Waals surface area contributed by atoms with E-state index in [-0.39, 0.29) is 16.4 Å². The number of amides is 1. The first-order valence-corrected chi connectivity index (χ1v) is 10.2. The van der Waals surface area contributed by atoms with Gasteiger partial charge in [0.2, 0.25) is 0 Å². The number of anilines is 1. The molecule has 0 fully saturated rings. The normalized spacial score (nSPS) is 15.7. The number of hydrogen-bond donors (Lipinski definition) is 2. The summed E-state index contributed by atoms with van der Waals surface area (Å²) in [7, 11) is 0. The molecule has 1 aliphatic rings. The van der Waals surface area contributed by atoms with Crippen molar-refractivity contribution in [1.29, 1.82) is 0 Å². The maximum absolute atomic E-state index is 14.2. The highest BCUT2D eigenvalue weighted by Crippen LogP contribution is 2.30. The molecule has 30 heavy (non-hydrogen) atoms. The molecule has 154 valence electrons. The Labute approximate surface area is 182 Å². The van der Waals surface area contributed by atoms with E-state index in [1.807, 2.05) is 0 Å². The van der Waals surface area contributed by atoms with Gasteiger partial charge in [-0.3, -0.25) is 19.7 Å². The second kappa shape index (κ2) is 9.18. The quantitative estimate of drug-likeness (QED) is 0.264. The van der Waals surface area contributed by atoms with Crippen molar-refractivity contribution in [3.63, 3.8) is 0 Å². The number of allylic oxidation sites excluding steroid dienone is 1. The van der Waals surface area contributed by atoms with Crippen molar-refractivity contribution in [2.24, 2.45) is 4.99 Å². The molecule has 11 heteroatoms. The van der Waals surface area contributed by atoms with Crippen LogP contribution in [-0.4, -0.2) is 27.1 Å². The summed E-state index contributed by atoms with van der Waals surface area (Å²) in [6.07, 6.45) is 2.05. The van der Waals surface area contributed by atoms with Gasteiger partial charge in [-0.1, -0.05) is 40.2 Å². The summed E-state index contributed by atoms with van der Waals surface area (Å²) in [4.78, 5) is 36.3. The SMILES string of the molecule is O=C1N=C(Nc2ccc(C(Br)C(=O)O)c(F)c2)SC1=CCc1ccc([N+](=O)[O-])cc1. The van der Waals surface area contributed by atoms with Gasteiger partial charge in [-0.2, -0.15) is 4.99 Å². The van der Waals surface area contributed by atoms with E-state index in [1.54, 1.807) is 18.2 Å². The summed E-state index contributed by atoms with van der Waals surface area (Å²) in [6.45, 7) is 0. The van der Waals surface area contributed by atoms with E-state index >= 15 is 0 Å². The van der Waals surface area contributed by atoms with Crippen LogP contribution >= 0.6 is 27.7 Å². The van der Waals surface area contributed by atoms with Crippen molar-refractivity contribution in [1.82, 2.24) is 0 Å². The number of carbonyl (C=O) groups excluding carboxylic acids is 1. The number of hydrogen-bond acceptors (Lipinski definition) is 6. The number of nitrogens with one attached hydrogen (secondary N) is 1. The van der Waals surface area contributed by atoms with Gasteiger partial charge >= 0.3 is 5.97 Å². The zero-order valence-electron chi connectivity index (χ0n) is 15.0. The maximum Gasteiger partial charge on any atom is 0.321 e. The van der Waals surface area contributed by atoms with E-state index in [0.717, 1.165) is 23.4 Å². The van der Waals surface area contributed by atoms with Crippen LogP contribution in [0.4, 0.5) is 15.8 Å². The Kier molecular flexibility index (Phi) is 6.63. The van der Waals surface area contributed by atoms with Crippen LogP contribution in [0.2, 0.25) is 0 Å². The molecule has 3 rings (SSSR count). The lowest BCUT2D eigenvalue weighted by atomic mass is 10.1. The highest BCUT2D eigenvalue weighted by Gasteiger charge is 2.23. The summed E-state index contributed by atoms with van der Waals surface area (Å²) >= 11 is 3.98. The Morgan fingerprint density at radius 3 is 2.63 bits per heavy atom. The zero-order valence-corrected chi connectivity index (χ0v) is 17.4. The van der Waals surface area contributed by atoms with Crippen molar-refractivity contribution in [3.05, 3.63) is 80.5 Å². The number of non-ortho nitro benzene ring substituents is 1. The Bertz CT molecular complexity index is 1090. The second-order valence-electron chi connectivity index (χ2n) is 6.08. The molecule has 0 saturated heterocycles. The van der Waals surface area contributed by atoms with E-state index in [2.05, 4.69) is 26.2 Å². The number of aliphatic carboxylic acids is 1. The van der Waals surface area contributed by atoms with Crippen LogP contribution in [0.1, 0.15) is 16.0 Å². The van der Waals surface area contributed by atoms with Crippen molar-refractivity contribution in [2.45, 2.75) is 11.2 Å². The summed E-state index contributed by atoms with van der Waals surface area (Å²) in [5.41, 5.74) is 1.08. The number of rotatable bonds is 6. The molecule has 0 bridgehead atoms. The van der Waals surface area contributed by atoms with Gasteiger partial charge < -0.3 is 10.4 Å². The lowest BCUT2D eigenvalue weighted by Gasteiger charge is -2.09. The minimum absolute atomic E-state index is 0.0135. The van der Waals surface area contributed by atoms with Gasteiger partial charge in [-0.15, -0.1) is 0 Å². The second-order valence-corrected chi connectivity index (χ2v) is 8.03. The number of aliphatic imine (C=N–C) groups is 1. The number of carbonyl (C=O) groups is 2. The summed E-state index contributed by atoms with van der Waals surface area (Å²) in [5.74, 6) is -2.38. The van der Waals surface area contributed by atoms with Gasteiger partial charge in [-0.05, 0) is 35.9 Å². The Hall–Kier alpha value is -3.05. The predicted molar refractivity (Wildman–Crippen MR) is 114 cm³/mol. The van der Waals surface area contributed by atoms with Crippen LogP contribution in [0.25, 0.3) is 0 Å². The number of benzene rings is 2. The van der Waals surface area contributed by atoms with Crippen LogP contribution in [0.15, 0.2) is 58.4 Å². The number of halogens is 2. The lowest BCUT2D eigenvalue weighted by Crippen LogP contribution is -2.09. The van der Waals surface area contributed by atoms with Crippen molar-refractivity contribution < 1.29 is 24.0 Å². The number of carboxylic acids is 1. The number of carboxylic acid groups (broad SMARTS) is 1. The van der Waals surface area contributed by atoms with Gasteiger partial charge in [0.15, 0.2) is 5.17 Å². The van der Waals surface area contributed by atoms with Crippen LogP contribution in [0, 0.1) is 15.9 Å². The monoisotopic (exact) mass is 493 g/mol. The number of alkyl halides is 1. The fourth-order valence-electron chi connectivity index (χ4n) is 2.53. The number of thioether (sulfide) groups is 1. The predicted octanol–water partition coefficient (Wildman–Crippen LogP) is 4.42. The lowest BCUT2D eigenvalue weighted by molar-refractivity contribution is -0.384. The van der Waals surface area contributed by atoms with Gasteiger partial charge in [0.1, 0.15) is 10.6 Å². The average Bonchev–Trinajstić information content (AvgIpc) is 3.05. The third-order valence-corrected chi connectivity index (χ3v) is 5.87. The number of nitro benzene ring substituents is 1. The third-order valence-electron chi connectivity index (χ3n) is 4.03. The summed E-state index contributed by atoms with van der Waals surface area (Å²) < 4.78 is 14.2. The highest BCUT2D eigenvalue weighted by atomic mass is 79.9. The first-order valence-electron chi connectivity index (χ1n) is 8.42. The number of amidine groups is 1. The van der Waals surface area contributed by atoms with Crippen LogP contribution in [0.3, 0.4) is 0 Å². The van der Waals surface area contributed by atoms with Crippen LogP contribution in [0.5, 0.6) is 0 Å². The minimum Gasteiger partial charge on any atom is -0.480 e.